The minimum absolute atomic E-state index is 0.249. The standard InChI is InChI=1S/C18H27BrN2O5/c1-2-25-18(23)21-9-7-20(8-10-21)13-16(22)14-24-11-12-26-17-5-3-15(19)4-6-17/h3-6,16,22H,2,7-14H2,1H3/p+1/t16-/m1/s1. The summed E-state index contributed by atoms with van der Waals surface area (Å²) in [6, 6.07) is 7.62. The molecule has 1 aliphatic heterocycles. The highest BCUT2D eigenvalue weighted by Crippen LogP contribution is 2.15. The summed E-state index contributed by atoms with van der Waals surface area (Å²) in [4.78, 5) is 14.6. The maximum absolute atomic E-state index is 11.7. The molecule has 2 rings (SSSR count). The highest BCUT2D eigenvalue weighted by molar-refractivity contribution is 9.10. The van der Waals surface area contributed by atoms with E-state index < -0.39 is 6.10 Å². The van der Waals surface area contributed by atoms with Crippen LogP contribution in [0.2, 0.25) is 0 Å². The number of carbonyl (C=O) groups excluding carboxylic acids is 1. The Labute approximate surface area is 162 Å². The number of aliphatic hydroxyl groups excluding tert-OH is 1. The molecule has 1 aliphatic rings. The molecule has 1 heterocycles. The minimum atomic E-state index is -0.521. The monoisotopic (exact) mass is 431 g/mol. The maximum Gasteiger partial charge on any atom is 0.410 e. The van der Waals surface area contributed by atoms with Gasteiger partial charge in [-0.2, -0.15) is 0 Å². The van der Waals surface area contributed by atoms with Crippen LogP contribution in [0.5, 0.6) is 5.75 Å². The van der Waals surface area contributed by atoms with E-state index in [0.29, 0.717) is 39.5 Å². The van der Waals surface area contributed by atoms with Crippen LogP contribution >= 0.6 is 15.9 Å². The largest absolute Gasteiger partial charge is 0.491 e. The molecule has 1 aromatic carbocycles. The van der Waals surface area contributed by atoms with Gasteiger partial charge in [-0.25, -0.2) is 4.79 Å². The molecule has 1 atom stereocenters. The second kappa shape index (κ2) is 11.4. The van der Waals surface area contributed by atoms with Crippen molar-refractivity contribution < 1.29 is 29.0 Å². The lowest BCUT2D eigenvalue weighted by Gasteiger charge is -2.32. The number of hydrogen-bond acceptors (Lipinski definition) is 5. The van der Waals surface area contributed by atoms with Crippen molar-refractivity contribution in [1.29, 1.82) is 0 Å². The third-order valence-electron chi connectivity index (χ3n) is 4.14. The van der Waals surface area contributed by atoms with Gasteiger partial charge in [0.05, 0.1) is 46.0 Å². The van der Waals surface area contributed by atoms with Gasteiger partial charge in [-0.05, 0) is 31.2 Å². The molecule has 2 N–H and O–H groups in total. The Morgan fingerprint density at radius 2 is 1.96 bits per heavy atom. The van der Waals surface area contributed by atoms with Crippen LogP contribution in [0.4, 0.5) is 4.79 Å². The van der Waals surface area contributed by atoms with Gasteiger partial charge in [-0.1, -0.05) is 15.9 Å². The summed E-state index contributed by atoms with van der Waals surface area (Å²) in [5.41, 5.74) is 0. The lowest BCUT2D eigenvalue weighted by atomic mass is 10.3. The normalized spacial score (nSPS) is 16.3. The number of quaternary nitrogens is 1. The van der Waals surface area contributed by atoms with Gasteiger partial charge in [0.15, 0.2) is 0 Å². The summed E-state index contributed by atoms with van der Waals surface area (Å²) >= 11 is 3.38. The molecule has 0 unspecified atom stereocenters. The molecule has 8 heteroatoms. The van der Waals surface area contributed by atoms with Crippen LogP contribution in [0, 0.1) is 0 Å². The number of hydrogen-bond donors (Lipinski definition) is 2. The number of nitrogens with one attached hydrogen (secondary N) is 1. The van der Waals surface area contributed by atoms with Crippen molar-refractivity contribution in [3.05, 3.63) is 28.7 Å². The zero-order valence-corrected chi connectivity index (χ0v) is 16.7. The molecule has 146 valence electrons. The molecule has 1 saturated heterocycles. The first-order valence-electron chi connectivity index (χ1n) is 8.98. The van der Waals surface area contributed by atoms with E-state index in [1.54, 1.807) is 11.8 Å². The van der Waals surface area contributed by atoms with Gasteiger partial charge in [0, 0.05) is 4.47 Å². The van der Waals surface area contributed by atoms with Gasteiger partial charge in [0.2, 0.25) is 0 Å². The molecule has 1 aromatic rings. The Kier molecular flexibility index (Phi) is 9.17. The molecule has 1 amide bonds. The fourth-order valence-electron chi connectivity index (χ4n) is 2.79. The molecule has 0 aliphatic carbocycles. The van der Waals surface area contributed by atoms with Crippen LogP contribution in [-0.4, -0.2) is 81.4 Å². The minimum Gasteiger partial charge on any atom is -0.491 e. The SMILES string of the molecule is CCOC(=O)N1CC[NH+](C[C@@H](O)COCCOc2ccc(Br)cc2)CC1. The van der Waals surface area contributed by atoms with Gasteiger partial charge >= 0.3 is 6.09 Å². The van der Waals surface area contributed by atoms with E-state index in [1.807, 2.05) is 24.3 Å². The second-order valence-electron chi connectivity index (χ2n) is 6.17. The Morgan fingerprint density at radius 1 is 1.27 bits per heavy atom. The first-order valence-corrected chi connectivity index (χ1v) is 9.77. The molecule has 0 aromatic heterocycles. The van der Waals surface area contributed by atoms with E-state index in [-0.39, 0.29) is 12.7 Å². The number of nitrogens with zero attached hydrogens (tertiary/aromatic N) is 1. The van der Waals surface area contributed by atoms with Gasteiger partial charge in [-0.3, -0.25) is 4.90 Å². The molecule has 1 fully saturated rings. The third kappa shape index (κ3) is 7.49. The van der Waals surface area contributed by atoms with E-state index in [4.69, 9.17) is 14.2 Å². The maximum atomic E-state index is 11.7. The van der Waals surface area contributed by atoms with E-state index in [0.717, 1.165) is 23.3 Å². The number of amides is 1. The van der Waals surface area contributed by atoms with Crippen molar-refractivity contribution in [3.63, 3.8) is 0 Å². The van der Waals surface area contributed by atoms with Crippen LogP contribution in [-0.2, 0) is 9.47 Å². The van der Waals surface area contributed by atoms with Gasteiger partial charge < -0.3 is 24.2 Å². The zero-order valence-electron chi connectivity index (χ0n) is 15.2. The molecule has 0 bridgehead atoms. The number of benzene rings is 1. The van der Waals surface area contributed by atoms with Gasteiger partial charge in [-0.15, -0.1) is 0 Å². The van der Waals surface area contributed by atoms with Crippen LogP contribution in [0.3, 0.4) is 0 Å². The number of carbonyl (C=O) groups is 1. The lowest BCUT2D eigenvalue weighted by Crippen LogP contribution is -3.15. The molecule has 0 saturated carbocycles. The fourth-order valence-corrected chi connectivity index (χ4v) is 3.05. The summed E-state index contributed by atoms with van der Waals surface area (Å²) in [6.07, 6.45) is -0.770. The number of ether oxygens (including phenoxy) is 3. The van der Waals surface area contributed by atoms with Gasteiger partial charge in [0.1, 0.15) is 25.0 Å². The van der Waals surface area contributed by atoms with Crippen molar-refractivity contribution in [3.8, 4) is 5.75 Å². The first kappa shape index (κ1) is 21.0. The van der Waals surface area contributed by atoms with Crippen LogP contribution in [0.15, 0.2) is 28.7 Å². The summed E-state index contributed by atoms with van der Waals surface area (Å²) in [6.45, 7) is 6.90. The third-order valence-corrected chi connectivity index (χ3v) is 4.67. The van der Waals surface area contributed by atoms with Gasteiger partial charge in [0.25, 0.3) is 0 Å². The zero-order chi connectivity index (χ0) is 18.8. The number of piperazine rings is 1. The van der Waals surface area contributed by atoms with E-state index in [1.165, 1.54) is 4.90 Å². The topological polar surface area (TPSA) is 72.7 Å². The summed E-state index contributed by atoms with van der Waals surface area (Å²) in [5.74, 6) is 0.793. The highest BCUT2D eigenvalue weighted by Gasteiger charge is 2.25. The predicted octanol–water partition coefficient (Wildman–Crippen LogP) is 0.562. The fraction of sp³-hybridized carbons (Fsp3) is 0.611. The predicted molar refractivity (Wildman–Crippen MR) is 101 cm³/mol. The van der Waals surface area contributed by atoms with E-state index in [9.17, 15) is 9.90 Å². The van der Waals surface area contributed by atoms with E-state index in [2.05, 4.69) is 15.9 Å². The smallest absolute Gasteiger partial charge is 0.410 e. The van der Waals surface area contributed by atoms with Crippen molar-refractivity contribution >= 4 is 22.0 Å². The molecule has 0 radical (unpaired) electrons. The van der Waals surface area contributed by atoms with E-state index >= 15 is 0 Å². The Morgan fingerprint density at radius 3 is 2.62 bits per heavy atom. The number of halogens is 1. The Hall–Kier alpha value is -1.35. The lowest BCUT2D eigenvalue weighted by molar-refractivity contribution is -0.907. The van der Waals surface area contributed by atoms with Crippen LogP contribution < -0.4 is 9.64 Å². The average molecular weight is 432 g/mol. The summed E-state index contributed by atoms with van der Waals surface area (Å²) in [7, 11) is 0. The second-order valence-corrected chi connectivity index (χ2v) is 7.09. The van der Waals surface area contributed by atoms with Crippen molar-refractivity contribution in [2.75, 3.05) is 59.2 Å². The first-order chi connectivity index (χ1) is 12.6. The van der Waals surface area contributed by atoms with Crippen LogP contribution in [0.25, 0.3) is 0 Å². The average Bonchev–Trinajstić information content (AvgIpc) is 2.64. The Bertz CT molecular complexity index is 535. The summed E-state index contributed by atoms with van der Waals surface area (Å²) in [5, 5.41) is 10.1. The Balaban J connectivity index is 1.53. The number of rotatable bonds is 9. The molecule has 0 spiro atoms. The van der Waals surface area contributed by atoms with Crippen LogP contribution in [0.1, 0.15) is 6.92 Å². The molecule has 26 heavy (non-hydrogen) atoms. The quantitative estimate of drug-likeness (QED) is 0.559. The molecular formula is C18H28BrN2O5+. The van der Waals surface area contributed by atoms with Crippen molar-refractivity contribution in [2.24, 2.45) is 0 Å². The molecular weight excluding hydrogens is 404 g/mol. The van der Waals surface area contributed by atoms with Crippen molar-refractivity contribution in [1.82, 2.24) is 4.90 Å². The number of aliphatic hydroxyl groups is 1. The summed E-state index contributed by atoms with van der Waals surface area (Å²) < 4.78 is 17.1. The van der Waals surface area contributed by atoms with Crippen molar-refractivity contribution in [2.45, 2.75) is 13.0 Å². The highest BCUT2D eigenvalue weighted by atomic mass is 79.9. The molecule has 7 nitrogen and oxygen atoms in total.